The van der Waals surface area contributed by atoms with E-state index in [2.05, 4.69) is 27.7 Å². The predicted molar refractivity (Wildman–Crippen MR) is 138 cm³/mol. The van der Waals surface area contributed by atoms with Gasteiger partial charge in [-0.2, -0.15) is 0 Å². The van der Waals surface area contributed by atoms with Crippen LogP contribution in [0.15, 0.2) is 27.6 Å². The first-order valence-electron chi connectivity index (χ1n) is 14.2. The Bertz CT molecular complexity index is 1020. The predicted octanol–water partition coefficient (Wildman–Crippen LogP) is 5.17. The first-order valence-corrected chi connectivity index (χ1v) is 14.2. The summed E-state index contributed by atoms with van der Waals surface area (Å²) in [5, 5.41) is 12.4. The number of carbonyl (C=O) groups excluding carboxylic acids is 1. The summed E-state index contributed by atoms with van der Waals surface area (Å²) in [5.41, 5.74) is 6.07. The maximum atomic E-state index is 12.6. The second-order valence-corrected chi connectivity index (χ2v) is 13.4. The minimum absolute atomic E-state index is 0.0362. The van der Waals surface area contributed by atoms with Crippen LogP contribution in [0.3, 0.4) is 0 Å². The molecule has 0 radical (unpaired) electrons. The van der Waals surface area contributed by atoms with E-state index in [-0.39, 0.29) is 40.4 Å². The first-order chi connectivity index (χ1) is 17.0. The molecule has 1 aromatic rings. The molecule has 0 aliphatic heterocycles. The molecule has 36 heavy (non-hydrogen) atoms. The molecule has 4 aliphatic carbocycles. The molecule has 0 bridgehead atoms. The Balaban J connectivity index is 1.30. The van der Waals surface area contributed by atoms with Crippen LogP contribution in [0.4, 0.5) is 0 Å². The van der Waals surface area contributed by atoms with Gasteiger partial charge in [-0.1, -0.05) is 27.7 Å². The van der Waals surface area contributed by atoms with E-state index >= 15 is 0 Å². The van der Waals surface area contributed by atoms with Gasteiger partial charge < -0.3 is 20.0 Å². The first kappa shape index (κ1) is 26.0. The molecule has 1 aromatic heterocycles. The zero-order valence-corrected chi connectivity index (χ0v) is 22.5. The Labute approximate surface area is 215 Å². The Kier molecular flexibility index (Phi) is 6.68. The third-order valence-corrected chi connectivity index (χ3v) is 11.2. The van der Waals surface area contributed by atoms with Gasteiger partial charge in [0.25, 0.3) is 0 Å². The largest absolute Gasteiger partial charge is 0.461 e. The molecule has 6 nitrogen and oxygen atoms in total. The number of esters is 1. The molecule has 9 unspecified atom stereocenters. The molecule has 0 aromatic carbocycles. The molecule has 200 valence electrons. The number of fused-ring (bicyclic) bond motifs is 5. The lowest BCUT2D eigenvalue weighted by Gasteiger charge is -2.63. The van der Waals surface area contributed by atoms with Crippen molar-refractivity contribution in [3.63, 3.8) is 0 Å². The summed E-state index contributed by atoms with van der Waals surface area (Å²) < 4.78 is 11.1. The van der Waals surface area contributed by atoms with Gasteiger partial charge in [0.05, 0.1) is 11.9 Å². The van der Waals surface area contributed by atoms with Gasteiger partial charge in [-0.3, -0.25) is 4.79 Å². The zero-order chi connectivity index (χ0) is 25.9. The van der Waals surface area contributed by atoms with E-state index in [1.165, 1.54) is 6.07 Å². The van der Waals surface area contributed by atoms with Gasteiger partial charge in [-0.05, 0) is 111 Å². The molecule has 9 atom stereocenters. The summed E-state index contributed by atoms with van der Waals surface area (Å²) >= 11 is 0. The number of carbonyl (C=O) groups is 1. The SMILES string of the molecule is CC(C)CC(N)C(=O)OC1CCC2(C)C(CCC3C2CCC2(C)C(c4ccc(=O)oc4)CCC32O)C1. The highest BCUT2D eigenvalue weighted by Gasteiger charge is 2.67. The van der Waals surface area contributed by atoms with Crippen LogP contribution in [0, 0.1) is 34.5 Å². The molecule has 0 amide bonds. The van der Waals surface area contributed by atoms with E-state index in [4.69, 9.17) is 14.9 Å². The summed E-state index contributed by atoms with van der Waals surface area (Å²) in [7, 11) is 0. The molecule has 4 aliphatic rings. The van der Waals surface area contributed by atoms with Crippen LogP contribution < -0.4 is 11.4 Å². The average molecular weight is 500 g/mol. The third-order valence-electron chi connectivity index (χ3n) is 11.2. The van der Waals surface area contributed by atoms with E-state index in [1.807, 2.05) is 6.07 Å². The molecular weight excluding hydrogens is 454 g/mol. The fourth-order valence-electron chi connectivity index (χ4n) is 9.25. The Hall–Kier alpha value is -1.66. The highest BCUT2D eigenvalue weighted by atomic mass is 16.5. The Morgan fingerprint density at radius 3 is 2.58 bits per heavy atom. The van der Waals surface area contributed by atoms with Crippen LogP contribution in [-0.2, 0) is 9.53 Å². The average Bonchev–Trinajstić information content (AvgIpc) is 3.10. The third kappa shape index (κ3) is 4.07. The monoisotopic (exact) mass is 499 g/mol. The van der Waals surface area contributed by atoms with E-state index in [9.17, 15) is 14.7 Å². The normalized spacial score (nSPS) is 42.8. The van der Waals surface area contributed by atoms with Gasteiger partial charge in [-0.25, -0.2) is 4.79 Å². The molecule has 1 heterocycles. The summed E-state index contributed by atoms with van der Waals surface area (Å²) in [4.78, 5) is 24.1. The highest BCUT2D eigenvalue weighted by molar-refractivity contribution is 5.75. The van der Waals surface area contributed by atoms with Crippen LogP contribution in [0.25, 0.3) is 0 Å². The zero-order valence-electron chi connectivity index (χ0n) is 22.5. The van der Waals surface area contributed by atoms with Crippen LogP contribution >= 0.6 is 0 Å². The van der Waals surface area contributed by atoms with E-state index < -0.39 is 11.6 Å². The highest BCUT2D eigenvalue weighted by Crippen LogP contribution is 2.70. The molecule has 0 saturated heterocycles. The van der Waals surface area contributed by atoms with E-state index in [0.29, 0.717) is 24.2 Å². The second-order valence-electron chi connectivity index (χ2n) is 13.4. The minimum Gasteiger partial charge on any atom is -0.461 e. The van der Waals surface area contributed by atoms with Crippen LogP contribution in [0.5, 0.6) is 0 Å². The van der Waals surface area contributed by atoms with Gasteiger partial charge in [0.15, 0.2) is 0 Å². The van der Waals surface area contributed by atoms with Crippen molar-refractivity contribution in [2.45, 2.75) is 116 Å². The van der Waals surface area contributed by atoms with Gasteiger partial charge in [0.1, 0.15) is 12.1 Å². The van der Waals surface area contributed by atoms with Crippen molar-refractivity contribution in [3.8, 4) is 0 Å². The number of ether oxygens (including phenoxy) is 1. The summed E-state index contributed by atoms with van der Waals surface area (Å²) in [6.07, 6.45) is 11.0. The quantitative estimate of drug-likeness (QED) is 0.542. The molecule has 4 fully saturated rings. The smallest absolute Gasteiger partial charge is 0.335 e. The molecule has 5 rings (SSSR count). The number of rotatable bonds is 5. The molecule has 4 saturated carbocycles. The maximum absolute atomic E-state index is 12.6. The lowest BCUT2D eigenvalue weighted by Crippen LogP contribution is -2.62. The number of hydrogen-bond acceptors (Lipinski definition) is 6. The second kappa shape index (κ2) is 9.27. The van der Waals surface area contributed by atoms with Crippen molar-refractivity contribution < 1.29 is 19.1 Å². The summed E-state index contributed by atoms with van der Waals surface area (Å²) in [5.74, 6) is 1.63. The van der Waals surface area contributed by atoms with Gasteiger partial charge in [0, 0.05) is 11.5 Å². The number of nitrogens with two attached hydrogens (primary N) is 1. The van der Waals surface area contributed by atoms with Gasteiger partial charge >= 0.3 is 11.6 Å². The van der Waals surface area contributed by atoms with Crippen LogP contribution in [0.1, 0.15) is 103 Å². The fourth-order valence-corrected chi connectivity index (χ4v) is 9.25. The molecule has 3 N–H and O–H groups in total. The number of hydrogen-bond donors (Lipinski definition) is 2. The molecule has 0 spiro atoms. The lowest BCUT2D eigenvalue weighted by molar-refractivity contribution is -0.207. The van der Waals surface area contributed by atoms with Crippen molar-refractivity contribution >= 4 is 5.97 Å². The Morgan fingerprint density at radius 1 is 1.11 bits per heavy atom. The molecule has 6 heteroatoms. The van der Waals surface area contributed by atoms with E-state index in [0.717, 1.165) is 63.4 Å². The van der Waals surface area contributed by atoms with Crippen molar-refractivity contribution in [3.05, 3.63) is 34.4 Å². The van der Waals surface area contributed by atoms with Crippen LogP contribution in [-0.4, -0.2) is 28.8 Å². The standard InChI is InChI=1S/C30H45NO5/c1-18(2)15-25(31)27(33)36-21-9-12-28(3)20(16-21)6-7-24-23(28)10-13-29(4)22(11-14-30(24,29)34)19-5-8-26(32)35-17-19/h5,8,17-18,20-25,34H,6-7,9-16,31H2,1-4H3. The van der Waals surface area contributed by atoms with Gasteiger partial charge in [-0.15, -0.1) is 0 Å². The van der Waals surface area contributed by atoms with Crippen molar-refractivity contribution in [2.24, 2.45) is 40.2 Å². The Morgan fingerprint density at radius 2 is 1.89 bits per heavy atom. The summed E-state index contributed by atoms with van der Waals surface area (Å²) in [6.45, 7) is 8.87. The van der Waals surface area contributed by atoms with Crippen molar-refractivity contribution in [1.82, 2.24) is 0 Å². The summed E-state index contributed by atoms with van der Waals surface area (Å²) in [6, 6.07) is 2.87. The lowest BCUT2D eigenvalue weighted by atomic mass is 9.43. The molecular formula is C30H45NO5. The van der Waals surface area contributed by atoms with Crippen LogP contribution in [0.2, 0.25) is 0 Å². The van der Waals surface area contributed by atoms with E-state index in [1.54, 1.807) is 6.26 Å². The minimum atomic E-state index is -0.697. The fraction of sp³-hybridized carbons (Fsp3) is 0.800. The van der Waals surface area contributed by atoms with Crippen molar-refractivity contribution in [1.29, 1.82) is 0 Å². The number of aliphatic hydroxyl groups is 1. The topological polar surface area (TPSA) is 103 Å². The van der Waals surface area contributed by atoms with Gasteiger partial charge in [0.2, 0.25) is 0 Å². The van der Waals surface area contributed by atoms with Crippen molar-refractivity contribution in [2.75, 3.05) is 0 Å². The maximum Gasteiger partial charge on any atom is 0.335 e.